The second-order valence-electron chi connectivity index (χ2n) is 2.48. The van der Waals surface area contributed by atoms with E-state index in [-0.39, 0.29) is 0 Å². The molecule has 0 saturated carbocycles. The molecule has 0 saturated heterocycles. The first-order chi connectivity index (χ1) is 5.66. The number of hydrogen-bond donors (Lipinski definition) is 3. The van der Waals surface area contributed by atoms with Crippen molar-refractivity contribution >= 4 is 11.4 Å². The zero-order valence-electron chi connectivity index (χ0n) is 6.96. The quantitative estimate of drug-likeness (QED) is 0.567. The lowest BCUT2D eigenvalue weighted by Crippen LogP contribution is -1.98. The third kappa shape index (κ3) is 1.32. The molecule has 0 radical (unpaired) electrons. The maximum atomic E-state index is 5.64. The van der Waals surface area contributed by atoms with Crippen molar-refractivity contribution in [2.75, 3.05) is 5.73 Å². The Labute approximate surface area is 71.0 Å². The monoisotopic (exact) mass is 164 g/mol. The minimum atomic E-state index is 0.525. The smallest absolute Gasteiger partial charge is 0.126 e. The SMILES string of the molecule is C=C/C(N)=C(\C)c1cn[nH]c1N. The van der Waals surface area contributed by atoms with E-state index >= 15 is 0 Å². The molecule has 0 aliphatic heterocycles. The van der Waals surface area contributed by atoms with Crippen LogP contribution in [0.3, 0.4) is 0 Å². The number of rotatable bonds is 2. The number of nitrogen functional groups attached to an aromatic ring is 1. The molecule has 1 aromatic heterocycles. The van der Waals surface area contributed by atoms with E-state index in [1.165, 1.54) is 0 Å². The Hall–Kier alpha value is -1.71. The Balaban J connectivity index is 3.15. The molecule has 1 heterocycles. The number of nitrogens with one attached hydrogen (secondary N) is 1. The lowest BCUT2D eigenvalue weighted by molar-refractivity contribution is 1.10. The number of nitrogens with zero attached hydrogens (tertiary/aromatic N) is 1. The molecule has 1 aromatic rings. The number of nitrogens with two attached hydrogens (primary N) is 2. The number of aromatic nitrogens is 2. The van der Waals surface area contributed by atoms with Gasteiger partial charge in [-0.05, 0) is 18.6 Å². The molecule has 0 aromatic carbocycles. The maximum absolute atomic E-state index is 5.64. The molecular weight excluding hydrogens is 152 g/mol. The molecule has 0 aliphatic rings. The zero-order chi connectivity index (χ0) is 9.14. The van der Waals surface area contributed by atoms with Crippen LogP contribution in [0.15, 0.2) is 24.5 Å². The topological polar surface area (TPSA) is 80.7 Å². The Morgan fingerprint density at radius 1 is 1.75 bits per heavy atom. The van der Waals surface area contributed by atoms with Crippen LogP contribution in [0.1, 0.15) is 12.5 Å². The fourth-order valence-corrected chi connectivity index (χ4v) is 0.904. The van der Waals surface area contributed by atoms with Crippen molar-refractivity contribution in [1.29, 1.82) is 0 Å². The van der Waals surface area contributed by atoms with Gasteiger partial charge in [-0.1, -0.05) is 6.58 Å². The molecule has 12 heavy (non-hydrogen) atoms. The molecule has 0 bridgehead atoms. The number of H-pyrrole nitrogens is 1. The fourth-order valence-electron chi connectivity index (χ4n) is 0.904. The molecule has 0 aliphatic carbocycles. The predicted octanol–water partition coefficient (Wildman–Crippen LogP) is 0.868. The summed E-state index contributed by atoms with van der Waals surface area (Å²) in [5, 5.41) is 6.42. The maximum Gasteiger partial charge on any atom is 0.126 e. The molecule has 4 heteroatoms. The second kappa shape index (κ2) is 3.13. The van der Waals surface area contributed by atoms with Crippen molar-refractivity contribution in [3.05, 3.63) is 30.1 Å². The third-order valence-electron chi connectivity index (χ3n) is 1.73. The van der Waals surface area contributed by atoms with Gasteiger partial charge >= 0.3 is 0 Å². The van der Waals surface area contributed by atoms with Crippen LogP contribution in [0.4, 0.5) is 5.82 Å². The molecular formula is C8H12N4. The summed E-state index contributed by atoms with van der Waals surface area (Å²) in [5.74, 6) is 0.525. The summed E-state index contributed by atoms with van der Waals surface area (Å²) in [6.45, 7) is 5.44. The number of aromatic amines is 1. The van der Waals surface area contributed by atoms with Crippen molar-refractivity contribution in [3.8, 4) is 0 Å². The van der Waals surface area contributed by atoms with Gasteiger partial charge in [-0.15, -0.1) is 0 Å². The van der Waals surface area contributed by atoms with Gasteiger partial charge in [0, 0.05) is 11.3 Å². The number of hydrogen-bond acceptors (Lipinski definition) is 3. The summed E-state index contributed by atoms with van der Waals surface area (Å²) in [5.41, 5.74) is 13.6. The molecule has 0 atom stereocenters. The summed E-state index contributed by atoms with van der Waals surface area (Å²) in [6, 6.07) is 0. The van der Waals surface area contributed by atoms with Crippen molar-refractivity contribution in [2.45, 2.75) is 6.92 Å². The van der Waals surface area contributed by atoms with E-state index in [9.17, 15) is 0 Å². The average molecular weight is 164 g/mol. The van der Waals surface area contributed by atoms with Crippen LogP contribution in [0.25, 0.3) is 5.57 Å². The van der Waals surface area contributed by atoms with Crippen molar-refractivity contribution in [1.82, 2.24) is 10.2 Å². The molecule has 0 unspecified atom stereocenters. The first-order valence-electron chi connectivity index (χ1n) is 3.54. The zero-order valence-corrected chi connectivity index (χ0v) is 6.96. The molecule has 4 nitrogen and oxygen atoms in total. The van der Waals surface area contributed by atoms with Crippen LogP contribution < -0.4 is 11.5 Å². The van der Waals surface area contributed by atoms with E-state index < -0.39 is 0 Å². The lowest BCUT2D eigenvalue weighted by Gasteiger charge is -2.01. The van der Waals surface area contributed by atoms with Crippen LogP contribution in [-0.4, -0.2) is 10.2 Å². The highest BCUT2D eigenvalue weighted by atomic mass is 15.1. The van der Waals surface area contributed by atoms with Crippen LogP contribution in [0.5, 0.6) is 0 Å². The first-order valence-corrected chi connectivity index (χ1v) is 3.54. The molecule has 0 spiro atoms. The van der Waals surface area contributed by atoms with Gasteiger partial charge in [0.1, 0.15) is 5.82 Å². The third-order valence-corrected chi connectivity index (χ3v) is 1.73. The van der Waals surface area contributed by atoms with E-state index in [1.807, 2.05) is 6.92 Å². The molecule has 5 N–H and O–H groups in total. The van der Waals surface area contributed by atoms with Gasteiger partial charge in [0.05, 0.1) is 6.20 Å². The number of anilines is 1. The highest BCUT2D eigenvalue weighted by molar-refractivity contribution is 5.74. The van der Waals surface area contributed by atoms with Gasteiger partial charge in [-0.3, -0.25) is 5.10 Å². The summed E-state index contributed by atoms with van der Waals surface area (Å²) in [4.78, 5) is 0. The van der Waals surface area contributed by atoms with E-state index in [0.717, 1.165) is 11.1 Å². The molecule has 1 rings (SSSR count). The van der Waals surface area contributed by atoms with Crippen molar-refractivity contribution < 1.29 is 0 Å². The van der Waals surface area contributed by atoms with Crippen LogP contribution in [0.2, 0.25) is 0 Å². The molecule has 64 valence electrons. The fraction of sp³-hybridized carbons (Fsp3) is 0.125. The predicted molar refractivity (Wildman–Crippen MR) is 50.0 cm³/mol. The van der Waals surface area contributed by atoms with E-state index in [0.29, 0.717) is 11.5 Å². The standard InChI is InChI=1S/C8H12N4/c1-3-7(9)5(2)6-4-11-12-8(6)10/h3-4H,1,9H2,2H3,(H3,10,11,12)/b7-5-. The van der Waals surface area contributed by atoms with Gasteiger partial charge in [0.15, 0.2) is 0 Å². The van der Waals surface area contributed by atoms with Gasteiger partial charge in [0.25, 0.3) is 0 Å². The van der Waals surface area contributed by atoms with Crippen molar-refractivity contribution in [3.63, 3.8) is 0 Å². The van der Waals surface area contributed by atoms with E-state index in [4.69, 9.17) is 11.5 Å². The molecule has 0 fully saturated rings. The molecule has 0 amide bonds. The largest absolute Gasteiger partial charge is 0.399 e. The average Bonchev–Trinajstić information content (AvgIpc) is 2.48. The van der Waals surface area contributed by atoms with Crippen LogP contribution in [-0.2, 0) is 0 Å². The van der Waals surface area contributed by atoms with Crippen molar-refractivity contribution in [2.24, 2.45) is 5.73 Å². The Kier molecular flexibility index (Phi) is 2.19. The summed E-state index contributed by atoms with van der Waals surface area (Å²) < 4.78 is 0. The highest BCUT2D eigenvalue weighted by Crippen LogP contribution is 2.19. The number of allylic oxidation sites excluding steroid dienone is 2. The highest BCUT2D eigenvalue weighted by Gasteiger charge is 2.04. The Morgan fingerprint density at radius 3 is 2.83 bits per heavy atom. The van der Waals surface area contributed by atoms with Gasteiger partial charge in [-0.2, -0.15) is 5.10 Å². The minimum Gasteiger partial charge on any atom is -0.399 e. The van der Waals surface area contributed by atoms with Gasteiger partial charge in [0.2, 0.25) is 0 Å². The van der Waals surface area contributed by atoms with Crippen LogP contribution >= 0.6 is 0 Å². The van der Waals surface area contributed by atoms with E-state index in [1.54, 1.807) is 12.3 Å². The van der Waals surface area contributed by atoms with Gasteiger partial charge in [-0.25, -0.2) is 0 Å². The minimum absolute atomic E-state index is 0.525. The second-order valence-corrected chi connectivity index (χ2v) is 2.48. The Bertz CT molecular complexity index is 322. The van der Waals surface area contributed by atoms with E-state index in [2.05, 4.69) is 16.8 Å². The van der Waals surface area contributed by atoms with Gasteiger partial charge < -0.3 is 11.5 Å². The lowest BCUT2D eigenvalue weighted by atomic mass is 10.1. The normalized spacial score (nSPS) is 12.4. The Morgan fingerprint density at radius 2 is 2.42 bits per heavy atom. The van der Waals surface area contributed by atoms with Crippen LogP contribution in [0, 0.1) is 0 Å². The summed E-state index contributed by atoms with van der Waals surface area (Å²) in [7, 11) is 0. The first kappa shape index (κ1) is 8.39. The summed E-state index contributed by atoms with van der Waals surface area (Å²) in [6.07, 6.45) is 3.22. The summed E-state index contributed by atoms with van der Waals surface area (Å²) >= 11 is 0.